The third-order valence-electron chi connectivity index (χ3n) is 3.93. The highest BCUT2D eigenvalue weighted by molar-refractivity contribution is 4.83. The summed E-state index contributed by atoms with van der Waals surface area (Å²) >= 11 is 0. The van der Waals surface area contributed by atoms with Crippen LogP contribution in [0.1, 0.15) is 59.8 Å². The van der Waals surface area contributed by atoms with Crippen molar-refractivity contribution in [2.45, 2.75) is 71.9 Å². The van der Waals surface area contributed by atoms with E-state index in [1.54, 1.807) is 0 Å². The molecule has 0 unspecified atom stereocenters. The number of nitrogens with one attached hydrogen (secondary N) is 1. The Bertz CT molecular complexity index is 155. The Morgan fingerprint density at radius 2 is 2.00 bits per heavy atom. The molecule has 0 radical (unpaired) electrons. The van der Waals surface area contributed by atoms with E-state index < -0.39 is 0 Å². The molecule has 1 heteroatoms. The fourth-order valence-corrected chi connectivity index (χ4v) is 2.70. The molecule has 0 aromatic heterocycles. The van der Waals surface area contributed by atoms with E-state index in [1.807, 2.05) is 0 Å². The fraction of sp³-hybridized carbons (Fsp3) is 1.00. The predicted octanol–water partition coefficient (Wildman–Crippen LogP) is 3.59. The summed E-state index contributed by atoms with van der Waals surface area (Å²) in [4.78, 5) is 0. The van der Waals surface area contributed by atoms with E-state index in [4.69, 9.17) is 0 Å². The van der Waals surface area contributed by atoms with Gasteiger partial charge in [0, 0.05) is 12.1 Å². The lowest BCUT2D eigenvalue weighted by Crippen LogP contribution is -2.44. The van der Waals surface area contributed by atoms with Gasteiger partial charge >= 0.3 is 0 Å². The Hall–Kier alpha value is -0.0400. The molecule has 0 amide bonds. The Morgan fingerprint density at radius 1 is 1.29 bits per heavy atom. The summed E-state index contributed by atoms with van der Waals surface area (Å²) in [5, 5.41) is 3.80. The molecule has 1 nitrogen and oxygen atoms in total. The van der Waals surface area contributed by atoms with Gasteiger partial charge in [0.2, 0.25) is 0 Å². The molecular formula is C13H27N. The van der Waals surface area contributed by atoms with Crippen LogP contribution in [0.2, 0.25) is 0 Å². The van der Waals surface area contributed by atoms with Crippen LogP contribution >= 0.6 is 0 Å². The summed E-state index contributed by atoms with van der Waals surface area (Å²) in [5.74, 6) is 1.78. The molecule has 1 aliphatic carbocycles. The molecule has 0 bridgehead atoms. The molecule has 1 fully saturated rings. The molecule has 1 aliphatic rings. The molecule has 1 rings (SSSR count). The highest BCUT2D eigenvalue weighted by Gasteiger charge is 2.27. The van der Waals surface area contributed by atoms with Gasteiger partial charge in [-0.25, -0.2) is 0 Å². The summed E-state index contributed by atoms with van der Waals surface area (Å²) < 4.78 is 0. The Balaban J connectivity index is 2.35. The molecular weight excluding hydrogens is 170 g/mol. The highest BCUT2D eigenvalue weighted by atomic mass is 15.0. The van der Waals surface area contributed by atoms with Crippen LogP contribution in [0.5, 0.6) is 0 Å². The average molecular weight is 197 g/mol. The second kappa shape index (κ2) is 5.75. The van der Waals surface area contributed by atoms with Crippen molar-refractivity contribution in [3.63, 3.8) is 0 Å². The van der Waals surface area contributed by atoms with E-state index in [1.165, 1.54) is 32.1 Å². The summed E-state index contributed by atoms with van der Waals surface area (Å²) in [6, 6.07) is 1.48. The molecule has 0 spiro atoms. The molecule has 4 atom stereocenters. The van der Waals surface area contributed by atoms with Gasteiger partial charge in [-0.2, -0.15) is 0 Å². The van der Waals surface area contributed by atoms with Crippen molar-refractivity contribution in [2.24, 2.45) is 11.8 Å². The van der Waals surface area contributed by atoms with E-state index in [9.17, 15) is 0 Å². The van der Waals surface area contributed by atoms with E-state index in [-0.39, 0.29) is 0 Å². The van der Waals surface area contributed by atoms with E-state index in [0.717, 1.165) is 17.9 Å². The van der Waals surface area contributed by atoms with Gasteiger partial charge in [0.15, 0.2) is 0 Å². The minimum Gasteiger partial charge on any atom is -0.311 e. The zero-order chi connectivity index (χ0) is 10.6. The first-order chi connectivity index (χ1) is 6.65. The zero-order valence-corrected chi connectivity index (χ0v) is 10.3. The maximum absolute atomic E-state index is 3.80. The van der Waals surface area contributed by atoms with Crippen molar-refractivity contribution in [1.82, 2.24) is 5.32 Å². The van der Waals surface area contributed by atoms with Crippen LogP contribution in [0, 0.1) is 11.8 Å². The van der Waals surface area contributed by atoms with Crippen molar-refractivity contribution in [1.29, 1.82) is 0 Å². The molecule has 1 saturated carbocycles. The van der Waals surface area contributed by atoms with Crippen LogP contribution in [-0.4, -0.2) is 12.1 Å². The summed E-state index contributed by atoms with van der Waals surface area (Å²) in [6.07, 6.45) is 6.85. The minimum atomic E-state index is 0.706. The van der Waals surface area contributed by atoms with Crippen molar-refractivity contribution in [3.05, 3.63) is 0 Å². The van der Waals surface area contributed by atoms with Crippen molar-refractivity contribution in [3.8, 4) is 0 Å². The van der Waals surface area contributed by atoms with Gasteiger partial charge in [-0.15, -0.1) is 0 Å². The Labute approximate surface area is 89.7 Å². The first-order valence-electron chi connectivity index (χ1n) is 6.41. The lowest BCUT2D eigenvalue weighted by molar-refractivity contribution is 0.194. The third kappa shape index (κ3) is 3.27. The first kappa shape index (κ1) is 12.0. The van der Waals surface area contributed by atoms with E-state index >= 15 is 0 Å². The number of hydrogen-bond donors (Lipinski definition) is 1. The van der Waals surface area contributed by atoms with E-state index in [0.29, 0.717) is 6.04 Å². The minimum absolute atomic E-state index is 0.706. The van der Waals surface area contributed by atoms with Crippen LogP contribution in [0.15, 0.2) is 0 Å². The van der Waals surface area contributed by atoms with Gasteiger partial charge in [-0.05, 0) is 31.6 Å². The molecule has 0 aromatic carbocycles. The van der Waals surface area contributed by atoms with Crippen LogP contribution in [0.25, 0.3) is 0 Å². The van der Waals surface area contributed by atoms with Gasteiger partial charge in [-0.3, -0.25) is 0 Å². The smallest absolute Gasteiger partial charge is 0.00977 e. The molecule has 0 saturated heterocycles. The highest BCUT2D eigenvalue weighted by Crippen LogP contribution is 2.29. The topological polar surface area (TPSA) is 12.0 Å². The SMILES string of the molecule is CCC[C@H](C)N[C@@H]1CCC[C@@H](C)[C@@H]1C. The second-order valence-electron chi connectivity index (χ2n) is 5.23. The van der Waals surface area contributed by atoms with Crippen LogP contribution in [-0.2, 0) is 0 Å². The quantitative estimate of drug-likeness (QED) is 0.726. The van der Waals surface area contributed by atoms with Crippen LogP contribution in [0.3, 0.4) is 0 Å². The Kier molecular flexibility index (Phi) is 4.94. The molecule has 0 heterocycles. The monoisotopic (exact) mass is 197 g/mol. The maximum Gasteiger partial charge on any atom is 0.00977 e. The normalized spacial score (nSPS) is 35.6. The molecule has 84 valence electrons. The van der Waals surface area contributed by atoms with Crippen molar-refractivity contribution < 1.29 is 0 Å². The number of rotatable bonds is 4. The van der Waals surface area contributed by atoms with Gasteiger partial charge < -0.3 is 5.32 Å². The molecule has 0 aromatic rings. The molecule has 0 aliphatic heterocycles. The van der Waals surface area contributed by atoms with Gasteiger partial charge in [-0.1, -0.05) is 40.0 Å². The lowest BCUT2D eigenvalue weighted by Gasteiger charge is -2.36. The Morgan fingerprint density at radius 3 is 2.64 bits per heavy atom. The molecule has 1 N–H and O–H groups in total. The largest absolute Gasteiger partial charge is 0.311 e. The van der Waals surface area contributed by atoms with Gasteiger partial charge in [0.05, 0.1) is 0 Å². The predicted molar refractivity (Wildman–Crippen MR) is 63.5 cm³/mol. The molecule has 14 heavy (non-hydrogen) atoms. The third-order valence-corrected chi connectivity index (χ3v) is 3.93. The number of hydrogen-bond acceptors (Lipinski definition) is 1. The average Bonchev–Trinajstić information content (AvgIpc) is 2.13. The zero-order valence-electron chi connectivity index (χ0n) is 10.3. The summed E-state index contributed by atoms with van der Waals surface area (Å²) in [5.41, 5.74) is 0. The maximum atomic E-state index is 3.80. The van der Waals surface area contributed by atoms with E-state index in [2.05, 4.69) is 33.0 Å². The summed E-state index contributed by atoms with van der Waals surface area (Å²) in [6.45, 7) is 9.42. The lowest BCUT2D eigenvalue weighted by atomic mass is 9.78. The standard InChI is InChI=1S/C13H27N/c1-5-7-11(3)14-13-9-6-8-10(2)12(13)4/h10-14H,5-9H2,1-4H3/t10-,11+,12+,13-/m1/s1. The first-order valence-corrected chi connectivity index (χ1v) is 6.41. The van der Waals surface area contributed by atoms with Crippen molar-refractivity contribution >= 4 is 0 Å². The fourth-order valence-electron chi connectivity index (χ4n) is 2.70. The summed E-state index contributed by atoms with van der Waals surface area (Å²) in [7, 11) is 0. The van der Waals surface area contributed by atoms with Crippen LogP contribution in [0.4, 0.5) is 0 Å². The van der Waals surface area contributed by atoms with Gasteiger partial charge in [0.25, 0.3) is 0 Å². The second-order valence-corrected chi connectivity index (χ2v) is 5.23. The van der Waals surface area contributed by atoms with Crippen LogP contribution < -0.4 is 5.32 Å². The van der Waals surface area contributed by atoms with Gasteiger partial charge in [0.1, 0.15) is 0 Å². The van der Waals surface area contributed by atoms with Crippen molar-refractivity contribution in [2.75, 3.05) is 0 Å².